The predicted octanol–water partition coefficient (Wildman–Crippen LogP) is 1.96. The van der Waals surface area contributed by atoms with E-state index in [1.165, 1.54) is 0 Å². The van der Waals surface area contributed by atoms with E-state index in [1.807, 2.05) is 0 Å². The summed E-state index contributed by atoms with van der Waals surface area (Å²) in [6, 6.07) is 5.74. The SMILES string of the molecule is N#CC1CCC(NC2CCC(C#N)C2)C1. The van der Waals surface area contributed by atoms with Gasteiger partial charge in [0.05, 0.1) is 12.1 Å². The molecule has 4 atom stereocenters. The Hall–Kier alpha value is -1.06. The van der Waals surface area contributed by atoms with Gasteiger partial charge in [0.25, 0.3) is 0 Å². The first-order valence-electron chi connectivity index (χ1n) is 5.87. The zero-order chi connectivity index (χ0) is 10.7. The topological polar surface area (TPSA) is 59.6 Å². The molecule has 0 spiro atoms. The Morgan fingerprint density at radius 3 is 1.60 bits per heavy atom. The molecular formula is C12H17N3. The van der Waals surface area contributed by atoms with Crippen LogP contribution in [-0.2, 0) is 0 Å². The fraction of sp³-hybridized carbons (Fsp3) is 0.833. The molecule has 2 aliphatic rings. The first-order chi connectivity index (χ1) is 7.31. The number of rotatable bonds is 2. The highest BCUT2D eigenvalue weighted by molar-refractivity contribution is 4.97. The summed E-state index contributed by atoms with van der Waals surface area (Å²) < 4.78 is 0. The first kappa shape index (κ1) is 10.5. The second-order valence-electron chi connectivity index (χ2n) is 4.84. The molecule has 80 valence electrons. The maximum Gasteiger partial charge on any atom is 0.0656 e. The summed E-state index contributed by atoms with van der Waals surface area (Å²) in [4.78, 5) is 0. The van der Waals surface area contributed by atoms with Crippen LogP contribution in [0.4, 0.5) is 0 Å². The van der Waals surface area contributed by atoms with Gasteiger partial charge in [-0.2, -0.15) is 10.5 Å². The lowest BCUT2D eigenvalue weighted by atomic mass is 10.1. The molecule has 4 unspecified atom stereocenters. The van der Waals surface area contributed by atoms with Gasteiger partial charge in [-0.1, -0.05) is 0 Å². The van der Waals surface area contributed by atoms with E-state index in [0.29, 0.717) is 12.1 Å². The second-order valence-corrected chi connectivity index (χ2v) is 4.84. The molecule has 0 aromatic heterocycles. The van der Waals surface area contributed by atoms with Crippen molar-refractivity contribution in [3.63, 3.8) is 0 Å². The number of nitriles is 2. The molecule has 0 aliphatic heterocycles. The van der Waals surface area contributed by atoms with Crippen LogP contribution < -0.4 is 5.32 Å². The molecule has 3 nitrogen and oxygen atoms in total. The zero-order valence-corrected chi connectivity index (χ0v) is 8.95. The molecule has 0 aromatic rings. The van der Waals surface area contributed by atoms with Crippen LogP contribution in [0.2, 0.25) is 0 Å². The van der Waals surface area contributed by atoms with Crippen LogP contribution in [-0.4, -0.2) is 12.1 Å². The van der Waals surface area contributed by atoms with Crippen molar-refractivity contribution in [1.82, 2.24) is 5.32 Å². The van der Waals surface area contributed by atoms with Crippen molar-refractivity contribution < 1.29 is 0 Å². The van der Waals surface area contributed by atoms with Gasteiger partial charge in [-0.3, -0.25) is 0 Å². The van der Waals surface area contributed by atoms with E-state index in [1.54, 1.807) is 0 Å². The van der Waals surface area contributed by atoms with Gasteiger partial charge in [-0.05, 0) is 38.5 Å². The highest BCUT2D eigenvalue weighted by Crippen LogP contribution is 2.29. The van der Waals surface area contributed by atoms with E-state index < -0.39 is 0 Å². The summed E-state index contributed by atoms with van der Waals surface area (Å²) in [5, 5.41) is 21.2. The Labute approximate surface area is 91.1 Å². The molecule has 0 saturated heterocycles. The van der Waals surface area contributed by atoms with Gasteiger partial charge in [0.1, 0.15) is 0 Å². The summed E-state index contributed by atoms with van der Waals surface area (Å²) in [6.45, 7) is 0. The first-order valence-corrected chi connectivity index (χ1v) is 5.87. The third-order valence-electron chi connectivity index (χ3n) is 3.70. The number of hydrogen-bond acceptors (Lipinski definition) is 3. The summed E-state index contributed by atoms with van der Waals surface area (Å²) >= 11 is 0. The molecule has 2 saturated carbocycles. The molecule has 15 heavy (non-hydrogen) atoms. The van der Waals surface area contributed by atoms with Crippen molar-refractivity contribution in [3.05, 3.63) is 0 Å². The van der Waals surface area contributed by atoms with Gasteiger partial charge in [-0.15, -0.1) is 0 Å². The molecule has 3 heteroatoms. The van der Waals surface area contributed by atoms with Gasteiger partial charge in [0.15, 0.2) is 0 Å². The molecular weight excluding hydrogens is 186 g/mol. The zero-order valence-electron chi connectivity index (χ0n) is 8.95. The van der Waals surface area contributed by atoms with Crippen molar-refractivity contribution in [2.75, 3.05) is 0 Å². The van der Waals surface area contributed by atoms with Gasteiger partial charge in [-0.25, -0.2) is 0 Å². The fourth-order valence-corrected chi connectivity index (χ4v) is 2.83. The van der Waals surface area contributed by atoms with Crippen LogP contribution in [0.25, 0.3) is 0 Å². The predicted molar refractivity (Wildman–Crippen MR) is 56.6 cm³/mol. The molecule has 0 amide bonds. The molecule has 2 rings (SSSR count). The molecule has 1 N–H and O–H groups in total. The third kappa shape index (κ3) is 2.49. The average Bonchev–Trinajstić information content (AvgIpc) is 2.87. The van der Waals surface area contributed by atoms with E-state index in [9.17, 15) is 0 Å². The van der Waals surface area contributed by atoms with Gasteiger partial charge >= 0.3 is 0 Å². The number of nitrogens with one attached hydrogen (secondary N) is 1. The largest absolute Gasteiger partial charge is 0.311 e. The summed E-state index contributed by atoms with van der Waals surface area (Å²) in [5.74, 6) is 0.520. The maximum absolute atomic E-state index is 8.80. The Morgan fingerprint density at radius 1 is 0.800 bits per heavy atom. The smallest absolute Gasteiger partial charge is 0.0656 e. The fourth-order valence-electron chi connectivity index (χ4n) is 2.83. The Morgan fingerprint density at radius 2 is 1.27 bits per heavy atom. The molecule has 0 bridgehead atoms. The van der Waals surface area contributed by atoms with Crippen LogP contribution in [0, 0.1) is 34.5 Å². The maximum atomic E-state index is 8.80. The van der Waals surface area contributed by atoms with E-state index in [0.717, 1.165) is 38.5 Å². The molecule has 2 aliphatic carbocycles. The molecule has 0 heterocycles. The lowest BCUT2D eigenvalue weighted by Gasteiger charge is -2.18. The van der Waals surface area contributed by atoms with Crippen molar-refractivity contribution in [3.8, 4) is 12.1 Å². The second kappa shape index (κ2) is 4.64. The van der Waals surface area contributed by atoms with E-state index in [-0.39, 0.29) is 11.8 Å². The van der Waals surface area contributed by atoms with Crippen LogP contribution in [0.5, 0.6) is 0 Å². The highest BCUT2D eigenvalue weighted by atomic mass is 15.0. The van der Waals surface area contributed by atoms with E-state index >= 15 is 0 Å². The molecule has 0 aromatic carbocycles. The standard InChI is InChI=1S/C12H17N3/c13-7-9-1-3-11(5-9)15-12-4-2-10(6-12)8-14/h9-12,15H,1-6H2. The summed E-state index contributed by atoms with van der Waals surface area (Å²) in [5.41, 5.74) is 0. The number of hydrogen-bond donors (Lipinski definition) is 1. The van der Waals surface area contributed by atoms with Crippen LogP contribution in [0.1, 0.15) is 38.5 Å². The minimum Gasteiger partial charge on any atom is -0.311 e. The minimum atomic E-state index is 0.260. The third-order valence-corrected chi connectivity index (χ3v) is 3.70. The number of nitrogens with zero attached hydrogens (tertiary/aromatic N) is 2. The van der Waals surface area contributed by atoms with Crippen molar-refractivity contribution in [2.45, 2.75) is 50.6 Å². The highest BCUT2D eigenvalue weighted by Gasteiger charge is 2.30. The lowest BCUT2D eigenvalue weighted by molar-refractivity contribution is 0.426. The van der Waals surface area contributed by atoms with Crippen LogP contribution >= 0.6 is 0 Å². The van der Waals surface area contributed by atoms with Crippen molar-refractivity contribution in [1.29, 1.82) is 10.5 Å². The van der Waals surface area contributed by atoms with E-state index in [2.05, 4.69) is 17.5 Å². The quantitative estimate of drug-likeness (QED) is 0.746. The summed E-state index contributed by atoms with van der Waals surface area (Å²) in [6.07, 6.45) is 6.36. The Balaban J connectivity index is 1.75. The van der Waals surface area contributed by atoms with Gasteiger partial charge in [0, 0.05) is 23.9 Å². The Kier molecular flexibility index (Phi) is 3.23. The van der Waals surface area contributed by atoms with Gasteiger partial charge in [0.2, 0.25) is 0 Å². The van der Waals surface area contributed by atoms with Crippen LogP contribution in [0.3, 0.4) is 0 Å². The average molecular weight is 203 g/mol. The van der Waals surface area contributed by atoms with Crippen molar-refractivity contribution in [2.24, 2.45) is 11.8 Å². The van der Waals surface area contributed by atoms with E-state index in [4.69, 9.17) is 10.5 Å². The normalized spacial score (nSPS) is 39.9. The Bertz CT molecular complexity index is 269. The van der Waals surface area contributed by atoms with Gasteiger partial charge < -0.3 is 5.32 Å². The molecule has 0 radical (unpaired) electrons. The lowest BCUT2D eigenvalue weighted by Crippen LogP contribution is -2.35. The summed E-state index contributed by atoms with van der Waals surface area (Å²) in [7, 11) is 0. The monoisotopic (exact) mass is 203 g/mol. The van der Waals surface area contributed by atoms with Crippen molar-refractivity contribution >= 4 is 0 Å². The molecule has 2 fully saturated rings. The van der Waals surface area contributed by atoms with Crippen LogP contribution in [0.15, 0.2) is 0 Å². The minimum absolute atomic E-state index is 0.260.